The molecule has 1 atom stereocenters. The maximum Gasteiger partial charge on any atom is 0.168 e. The first-order chi connectivity index (χ1) is 7.74. The monoisotopic (exact) mass is 234 g/mol. The van der Waals surface area contributed by atoms with Gasteiger partial charge in [0.15, 0.2) is 5.17 Å². The van der Waals surface area contributed by atoms with Crippen LogP contribution in [0.25, 0.3) is 5.70 Å². The minimum absolute atomic E-state index is 0.196. The predicted octanol–water partition coefficient (Wildman–Crippen LogP) is 2.93. The molecule has 2 heterocycles. The van der Waals surface area contributed by atoms with Crippen molar-refractivity contribution >= 4 is 22.6 Å². The normalized spacial score (nSPS) is 23.1. The summed E-state index contributed by atoms with van der Waals surface area (Å²) < 4.78 is 12.8. The lowest BCUT2D eigenvalue weighted by atomic mass is 10.1. The fraction of sp³-hybridized carbons (Fsp3) is 0.250. The molecule has 1 aromatic carbocycles. The SMILES string of the molecule is C[C@H]1CN2C(c3ccc(F)cc3)=CSC2=N1. The molecule has 0 N–H and O–H groups in total. The van der Waals surface area contributed by atoms with Gasteiger partial charge in [-0.1, -0.05) is 11.8 Å². The summed E-state index contributed by atoms with van der Waals surface area (Å²) >= 11 is 1.64. The van der Waals surface area contributed by atoms with E-state index in [1.807, 2.05) is 12.1 Å². The van der Waals surface area contributed by atoms with Crippen LogP contribution in [0.1, 0.15) is 12.5 Å². The van der Waals surface area contributed by atoms with Gasteiger partial charge in [-0.05, 0) is 36.8 Å². The second kappa shape index (κ2) is 3.63. The van der Waals surface area contributed by atoms with Gasteiger partial charge in [-0.3, -0.25) is 4.99 Å². The lowest BCUT2D eigenvalue weighted by Gasteiger charge is -2.17. The van der Waals surface area contributed by atoms with Crippen LogP contribution < -0.4 is 0 Å². The van der Waals surface area contributed by atoms with Gasteiger partial charge in [0, 0.05) is 12.0 Å². The van der Waals surface area contributed by atoms with Crippen LogP contribution in [0.3, 0.4) is 0 Å². The van der Waals surface area contributed by atoms with Gasteiger partial charge < -0.3 is 4.90 Å². The molecule has 0 unspecified atom stereocenters. The molecular formula is C12H11FN2S. The van der Waals surface area contributed by atoms with Crippen LogP contribution in [-0.2, 0) is 0 Å². The van der Waals surface area contributed by atoms with E-state index in [0.717, 1.165) is 23.0 Å². The second-order valence-electron chi connectivity index (χ2n) is 4.00. The molecule has 0 amide bonds. The topological polar surface area (TPSA) is 15.6 Å². The van der Waals surface area contributed by atoms with Crippen molar-refractivity contribution in [3.63, 3.8) is 0 Å². The molecule has 82 valence electrons. The molecule has 0 radical (unpaired) electrons. The van der Waals surface area contributed by atoms with E-state index in [4.69, 9.17) is 0 Å². The third-order valence-electron chi connectivity index (χ3n) is 2.72. The van der Waals surface area contributed by atoms with Crippen molar-refractivity contribution in [2.24, 2.45) is 4.99 Å². The molecule has 0 spiro atoms. The van der Waals surface area contributed by atoms with Gasteiger partial charge in [0.25, 0.3) is 0 Å². The number of benzene rings is 1. The third-order valence-corrected chi connectivity index (χ3v) is 3.59. The Kier molecular flexibility index (Phi) is 2.24. The minimum atomic E-state index is -0.196. The van der Waals surface area contributed by atoms with Crippen molar-refractivity contribution in [3.05, 3.63) is 41.1 Å². The van der Waals surface area contributed by atoms with Gasteiger partial charge in [0.05, 0.1) is 11.7 Å². The average Bonchev–Trinajstić information content (AvgIpc) is 2.78. The van der Waals surface area contributed by atoms with Crippen LogP contribution >= 0.6 is 11.8 Å². The molecule has 0 saturated heterocycles. The van der Waals surface area contributed by atoms with Crippen LogP contribution in [0.15, 0.2) is 34.7 Å². The smallest absolute Gasteiger partial charge is 0.168 e. The third kappa shape index (κ3) is 1.53. The number of thioether (sulfide) groups is 1. The highest BCUT2D eigenvalue weighted by atomic mass is 32.2. The fourth-order valence-corrected chi connectivity index (χ4v) is 2.97. The van der Waals surface area contributed by atoms with Crippen molar-refractivity contribution < 1.29 is 4.39 Å². The first kappa shape index (κ1) is 9.90. The quantitative estimate of drug-likeness (QED) is 0.742. The Bertz CT molecular complexity index is 478. The Hall–Kier alpha value is -1.29. The summed E-state index contributed by atoms with van der Waals surface area (Å²) in [6, 6.07) is 6.97. The van der Waals surface area contributed by atoms with Crippen LogP contribution in [-0.4, -0.2) is 22.7 Å². The summed E-state index contributed by atoms with van der Waals surface area (Å²) in [5, 5.41) is 3.14. The molecule has 0 bridgehead atoms. The molecule has 2 aliphatic rings. The van der Waals surface area contributed by atoms with Crippen LogP contribution in [0.2, 0.25) is 0 Å². The van der Waals surface area contributed by atoms with E-state index in [1.165, 1.54) is 12.1 Å². The average molecular weight is 234 g/mol. The molecule has 16 heavy (non-hydrogen) atoms. The van der Waals surface area contributed by atoms with Crippen molar-refractivity contribution in [2.45, 2.75) is 13.0 Å². The highest BCUT2D eigenvalue weighted by Gasteiger charge is 2.30. The minimum Gasteiger partial charge on any atom is -0.318 e. The molecule has 0 aromatic heterocycles. The Morgan fingerprint density at radius 1 is 1.38 bits per heavy atom. The zero-order valence-corrected chi connectivity index (χ0v) is 9.67. The van der Waals surface area contributed by atoms with Gasteiger partial charge >= 0.3 is 0 Å². The highest BCUT2D eigenvalue weighted by molar-refractivity contribution is 8.16. The van der Waals surface area contributed by atoms with Gasteiger partial charge in [-0.15, -0.1) is 0 Å². The van der Waals surface area contributed by atoms with E-state index in [9.17, 15) is 4.39 Å². The lowest BCUT2D eigenvalue weighted by molar-refractivity contribution is 0.584. The first-order valence-corrected chi connectivity index (χ1v) is 6.10. The van der Waals surface area contributed by atoms with Crippen molar-refractivity contribution in [1.29, 1.82) is 0 Å². The molecular weight excluding hydrogens is 223 g/mol. The number of hydrogen-bond acceptors (Lipinski definition) is 3. The molecule has 0 saturated carbocycles. The first-order valence-electron chi connectivity index (χ1n) is 5.22. The number of fused-ring (bicyclic) bond motifs is 1. The molecule has 2 aliphatic heterocycles. The number of rotatable bonds is 1. The number of nitrogens with zero attached hydrogens (tertiary/aromatic N) is 2. The summed E-state index contributed by atoms with van der Waals surface area (Å²) in [5.41, 5.74) is 2.18. The lowest BCUT2D eigenvalue weighted by Crippen LogP contribution is -2.22. The van der Waals surface area contributed by atoms with Crippen molar-refractivity contribution in [3.8, 4) is 0 Å². The number of aliphatic imine (C=N–C) groups is 1. The molecule has 0 fully saturated rings. The summed E-state index contributed by atoms with van der Waals surface area (Å²) in [6.45, 7) is 3.03. The van der Waals surface area contributed by atoms with Gasteiger partial charge in [0.2, 0.25) is 0 Å². The predicted molar refractivity (Wildman–Crippen MR) is 65.6 cm³/mol. The maximum atomic E-state index is 12.8. The highest BCUT2D eigenvalue weighted by Crippen LogP contribution is 2.36. The largest absolute Gasteiger partial charge is 0.318 e. The number of amidine groups is 1. The molecule has 2 nitrogen and oxygen atoms in total. The number of halogens is 1. The van der Waals surface area contributed by atoms with E-state index >= 15 is 0 Å². The molecule has 1 aromatic rings. The maximum absolute atomic E-state index is 12.8. The van der Waals surface area contributed by atoms with Crippen LogP contribution in [0, 0.1) is 5.82 Å². The van der Waals surface area contributed by atoms with Crippen molar-refractivity contribution in [1.82, 2.24) is 4.90 Å². The Morgan fingerprint density at radius 3 is 2.88 bits per heavy atom. The van der Waals surface area contributed by atoms with E-state index in [2.05, 4.69) is 22.2 Å². The van der Waals surface area contributed by atoms with E-state index in [1.54, 1.807) is 11.8 Å². The summed E-state index contributed by atoms with van der Waals surface area (Å²) in [6.07, 6.45) is 0. The summed E-state index contributed by atoms with van der Waals surface area (Å²) in [4.78, 5) is 6.72. The van der Waals surface area contributed by atoms with E-state index in [0.29, 0.717) is 6.04 Å². The van der Waals surface area contributed by atoms with Gasteiger partial charge in [-0.2, -0.15) is 0 Å². The molecule has 0 aliphatic carbocycles. The molecule has 4 heteroatoms. The van der Waals surface area contributed by atoms with Crippen LogP contribution in [0.5, 0.6) is 0 Å². The van der Waals surface area contributed by atoms with Gasteiger partial charge in [-0.25, -0.2) is 4.39 Å². The van der Waals surface area contributed by atoms with E-state index < -0.39 is 0 Å². The standard InChI is InChI=1S/C12H11FN2S/c1-8-6-15-11(7-16-12(15)14-8)9-2-4-10(13)5-3-9/h2-5,7-8H,6H2,1H3/t8-/m0/s1. The Balaban J connectivity index is 1.92. The van der Waals surface area contributed by atoms with E-state index in [-0.39, 0.29) is 5.82 Å². The number of hydrogen-bond donors (Lipinski definition) is 0. The zero-order valence-electron chi connectivity index (χ0n) is 8.85. The fourth-order valence-electron chi connectivity index (χ4n) is 1.95. The second-order valence-corrected chi connectivity index (χ2v) is 4.84. The molecule has 3 rings (SSSR count). The Morgan fingerprint density at radius 2 is 2.12 bits per heavy atom. The summed E-state index contributed by atoms with van der Waals surface area (Å²) in [7, 11) is 0. The Labute approximate surface area is 97.9 Å². The van der Waals surface area contributed by atoms with Crippen LogP contribution in [0.4, 0.5) is 4.39 Å². The van der Waals surface area contributed by atoms with Gasteiger partial charge in [0.1, 0.15) is 5.82 Å². The zero-order chi connectivity index (χ0) is 11.1. The van der Waals surface area contributed by atoms with Crippen molar-refractivity contribution in [2.75, 3.05) is 6.54 Å². The summed E-state index contributed by atoms with van der Waals surface area (Å²) in [5.74, 6) is -0.196.